The number of rotatable bonds is 5. The molecule has 106 valence electrons. The molecule has 0 bridgehead atoms. The van der Waals surface area contributed by atoms with Crippen LogP contribution in [-0.2, 0) is 0 Å². The first-order valence-electron chi connectivity index (χ1n) is 7.82. The second-order valence-electron chi connectivity index (χ2n) is 6.55. The number of hydrogen-bond donors (Lipinski definition) is 1. The molecule has 0 radical (unpaired) electrons. The van der Waals surface area contributed by atoms with Gasteiger partial charge < -0.3 is 15.1 Å². The quantitative estimate of drug-likeness (QED) is 0.755. The minimum atomic E-state index is 0.484. The highest BCUT2D eigenvalue weighted by Crippen LogP contribution is 2.31. The van der Waals surface area contributed by atoms with Crippen LogP contribution in [-0.4, -0.2) is 62.2 Å². The molecule has 2 aliphatic rings. The molecule has 0 atom stereocenters. The Bertz CT molecular complexity index is 234. The monoisotopic (exact) mass is 253 g/mol. The molecule has 1 aliphatic heterocycles. The molecule has 1 N–H and O–H groups in total. The number of unbranched alkanes of at least 4 members (excludes halogenated alkanes) is 1. The molecule has 0 unspecified atom stereocenters. The number of nitrogens with zero attached hydrogens (tertiary/aromatic N) is 2. The topological polar surface area (TPSA) is 18.5 Å². The smallest absolute Gasteiger partial charge is 0.0308 e. The predicted octanol–water partition coefficient (Wildman–Crippen LogP) is 1.94. The van der Waals surface area contributed by atoms with Crippen LogP contribution < -0.4 is 5.32 Å². The number of nitrogens with one attached hydrogen (secondary N) is 1. The lowest BCUT2D eigenvalue weighted by Gasteiger charge is -2.33. The zero-order chi connectivity index (χ0) is 12.8. The van der Waals surface area contributed by atoms with E-state index < -0.39 is 0 Å². The van der Waals surface area contributed by atoms with E-state index in [9.17, 15) is 0 Å². The third-order valence-corrected chi connectivity index (χ3v) is 4.57. The highest BCUT2D eigenvalue weighted by molar-refractivity contribution is 4.96. The van der Waals surface area contributed by atoms with Crippen molar-refractivity contribution in [3.05, 3.63) is 0 Å². The molecule has 2 fully saturated rings. The Morgan fingerprint density at radius 1 is 1.11 bits per heavy atom. The van der Waals surface area contributed by atoms with Crippen molar-refractivity contribution in [1.82, 2.24) is 15.1 Å². The largest absolute Gasteiger partial charge is 0.310 e. The van der Waals surface area contributed by atoms with Crippen LogP contribution in [0.4, 0.5) is 0 Å². The van der Waals surface area contributed by atoms with Gasteiger partial charge in [-0.25, -0.2) is 0 Å². The normalized spacial score (nSPS) is 24.8. The molecule has 0 aromatic heterocycles. The van der Waals surface area contributed by atoms with E-state index in [2.05, 4.69) is 29.2 Å². The molecule has 1 saturated heterocycles. The van der Waals surface area contributed by atoms with Gasteiger partial charge in [-0.3, -0.25) is 0 Å². The molecule has 0 aromatic carbocycles. The van der Waals surface area contributed by atoms with Gasteiger partial charge in [-0.15, -0.1) is 0 Å². The lowest BCUT2D eigenvalue weighted by Crippen LogP contribution is -2.49. The van der Waals surface area contributed by atoms with Crippen LogP contribution in [0.2, 0.25) is 0 Å². The van der Waals surface area contributed by atoms with Gasteiger partial charge in [-0.05, 0) is 72.4 Å². The molecule has 3 nitrogen and oxygen atoms in total. The third-order valence-electron chi connectivity index (χ3n) is 4.57. The summed E-state index contributed by atoms with van der Waals surface area (Å²) in [5.74, 6) is 0. The van der Waals surface area contributed by atoms with Gasteiger partial charge in [-0.2, -0.15) is 0 Å². The van der Waals surface area contributed by atoms with Crippen LogP contribution in [0.15, 0.2) is 0 Å². The first-order valence-corrected chi connectivity index (χ1v) is 7.82. The first-order chi connectivity index (χ1) is 8.70. The lowest BCUT2D eigenvalue weighted by atomic mass is 9.97. The van der Waals surface area contributed by atoms with Crippen LogP contribution in [0.5, 0.6) is 0 Å². The van der Waals surface area contributed by atoms with E-state index in [1.54, 1.807) is 0 Å². The summed E-state index contributed by atoms with van der Waals surface area (Å²) < 4.78 is 0. The molecular formula is C15H31N3. The molecular weight excluding hydrogens is 222 g/mol. The van der Waals surface area contributed by atoms with Gasteiger partial charge in [-0.1, -0.05) is 12.8 Å². The van der Waals surface area contributed by atoms with Crippen molar-refractivity contribution >= 4 is 0 Å². The molecule has 1 spiro atoms. The Hall–Kier alpha value is -0.120. The van der Waals surface area contributed by atoms with Gasteiger partial charge in [0.05, 0.1) is 0 Å². The van der Waals surface area contributed by atoms with Crippen LogP contribution in [0.1, 0.15) is 44.9 Å². The summed E-state index contributed by atoms with van der Waals surface area (Å²) in [5.41, 5.74) is 0.484. The van der Waals surface area contributed by atoms with Crippen molar-refractivity contribution in [2.45, 2.75) is 50.5 Å². The molecule has 1 aliphatic carbocycles. The van der Waals surface area contributed by atoms with E-state index in [-0.39, 0.29) is 0 Å². The van der Waals surface area contributed by atoms with E-state index >= 15 is 0 Å². The minimum absolute atomic E-state index is 0.484. The summed E-state index contributed by atoms with van der Waals surface area (Å²) in [5, 5.41) is 3.85. The van der Waals surface area contributed by atoms with Gasteiger partial charge in [0.25, 0.3) is 0 Å². The van der Waals surface area contributed by atoms with Crippen molar-refractivity contribution in [3.8, 4) is 0 Å². The zero-order valence-electron chi connectivity index (χ0n) is 12.4. The first kappa shape index (κ1) is 14.3. The Morgan fingerprint density at radius 2 is 1.89 bits per heavy atom. The van der Waals surface area contributed by atoms with E-state index in [1.165, 1.54) is 77.7 Å². The fraction of sp³-hybridized carbons (Fsp3) is 1.00. The molecule has 2 rings (SSSR count). The number of hydrogen-bond acceptors (Lipinski definition) is 3. The van der Waals surface area contributed by atoms with Crippen molar-refractivity contribution in [1.29, 1.82) is 0 Å². The van der Waals surface area contributed by atoms with Crippen LogP contribution in [0, 0.1) is 0 Å². The average Bonchev–Trinajstić information content (AvgIpc) is 2.67. The standard InChI is InChI=1S/C15H31N3/c1-17(2)11-5-6-12-18-13-7-10-16-15(14-18)8-3-4-9-15/h16H,3-14H2,1-2H3. The Balaban J connectivity index is 1.73. The summed E-state index contributed by atoms with van der Waals surface area (Å²) in [6.07, 6.45) is 9.69. The maximum Gasteiger partial charge on any atom is 0.0308 e. The summed E-state index contributed by atoms with van der Waals surface area (Å²) >= 11 is 0. The molecule has 0 amide bonds. The predicted molar refractivity (Wildman–Crippen MR) is 78.0 cm³/mol. The highest BCUT2D eigenvalue weighted by Gasteiger charge is 2.35. The van der Waals surface area contributed by atoms with Gasteiger partial charge in [0.2, 0.25) is 0 Å². The van der Waals surface area contributed by atoms with Crippen LogP contribution in [0.25, 0.3) is 0 Å². The van der Waals surface area contributed by atoms with Crippen molar-refractivity contribution in [3.63, 3.8) is 0 Å². The van der Waals surface area contributed by atoms with E-state index in [0.717, 1.165) is 0 Å². The fourth-order valence-electron chi connectivity index (χ4n) is 3.56. The SMILES string of the molecule is CN(C)CCCCN1CCCNC2(CCCC2)C1. The lowest BCUT2D eigenvalue weighted by molar-refractivity contribution is 0.205. The van der Waals surface area contributed by atoms with Crippen LogP contribution in [0.3, 0.4) is 0 Å². The maximum absolute atomic E-state index is 3.85. The van der Waals surface area contributed by atoms with Gasteiger partial charge in [0.1, 0.15) is 0 Å². The maximum atomic E-state index is 3.85. The summed E-state index contributed by atoms with van der Waals surface area (Å²) in [4.78, 5) is 5.02. The average molecular weight is 253 g/mol. The molecule has 1 heterocycles. The van der Waals surface area contributed by atoms with Crippen molar-refractivity contribution < 1.29 is 0 Å². The van der Waals surface area contributed by atoms with E-state index in [1.807, 2.05) is 0 Å². The van der Waals surface area contributed by atoms with Crippen molar-refractivity contribution in [2.75, 3.05) is 46.8 Å². The Labute approximate surface area is 113 Å². The highest BCUT2D eigenvalue weighted by atomic mass is 15.2. The molecule has 18 heavy (non-hydrogen) atoms. The summed E-state index contributed by atoms with van der Waals surface area (Å²) in [6, 6.07) is 0. The molecule has 0 aromatic rings. The second kappa shape index (κ2) is 6.88. The van der Waals surface area contributed by atoms with Gasteiger partial charge in [0, 0.05) is 12.1 Å². The van der Waals surface area contributed by atoms with Crippen LogP contribution >= 0.6 is 0 Å². The Kier molecular flexibility index (Phi) is 5.46. The van der Waals surface area contributed by atoms with E-state index in [0.29, 0.717) is 5.54 Å². The van der Waals surface area contributed by atoms with Crippen molar-refractivity contribution in [2.24, 2.45) is 0 Å². The summed E-state index contributed by atoms with van der Waals surface area (Å²) in [7, 11) is 4.34. The zero-order valence-corrected chi connectivity index (χ0v) is 12.4. The third kappa shape index (κ3) is 4.22. The van der Waals surface area contributed by atoms with E-state index in [4.69, 9.17) is 0 Å². The minimum Gasteiger partial charge on any atom is -0.310 e. The summed E-state index contributed by atoms with van der Waals surface area (Å²) in [6.45, 7) is 6.37. The molecule has 1 saturated carbocycles. The van der Waals surface area contributed by atoms with Gasteiger partial charge in [0.15, 0.2) is 0 Å². The Morgan fingerprint density at radius 3 is 2.61 bits per heavy atom. The molecule has 3 heteroatoms. The second-order valence-corrected chi connectivity index (χ2v) is 6.55. The fourth-order valence-corrected chi connectivity index (χ4v) is 3.56. The van der Waals surface area contributed by atoms with Gasteiger partial charge >= 0.3 is 0 Å².